The molecule has 1 atom stereocenters. The molecular weight excluding hydrogens is 402 g/mol. The van der Waals surface area contributed by atoms with Gasteiger partial charge in [-0.15, -0.1) is 0 Å². The normalized spacial score (nSPS) is 12.7. The maximum absolute atomic E-state index is 5.96. The monoisotopic (exact) mass is 459 g/mol. The lowest BCUT2D eigenvalue weighted by atomic mass is 10.0. The molecular formula is C27H57NO2S. The van der Waals surface area contributed by atoms with Gasteiger partial charge in [0.05, 0.1) is 18.5 Å². The second-order valence-electron chi connectivity index (χ2n) is 9.33. The van der Waals surface area contributed by atoms with Gasteiger partial charge in [-0.3, -0.25) is 0 Å². The number of hydrogen-bond acceptors (Lipinski definition) is 4. The van der Waals surface area contributed by atoms with Crippen molar-refractivity contribution in [1.29, 1.82) is 0 Å². The van der Waals surface area contributed by atoms with Gasteiger partial charge in [0.1, 0.15) is 0 Å². The zero-order chi connectivity index (χ0) is 22.8. The van der Waals surface area contributed by atoms with E-state index in [0.717, 1.165) is 45.1 Å². The quantitative estimate of drug-likeness (QED) is 0.122. The van der Waals surface area contributed by atoms with Crippen molar-refractivity contribution in [2.75, 3.05) is 52.8 Å². The van der Waals surface area contributed by atoms with Crippen LogP contribution in [0.5, 0.6) is 0 Å². The highest BCUT2D eigenvalue weighted by molar-refractivity contribution is 7.99. The molecule has 0 saturated heterocycles. The molecule has 0 bridgehead atoms. The molecule has 0 N–H and O–H groups in total. The molecule has 31 heavy (non-hydrogen) atoms. The maximum atomic E-state index is 5.96. The van der Waals surface area contributed by atoms with E-state index in [1.165, 1.54) is 96.3 Å². The van der Waals surface area contributed by atoms with Crippen LogP contribution >= 0.6 is 11.8 Å². The molecule has 0 aliphatic heterocycles. The Morgan fingerprint density at radius 3 is 1.42 bits per heavy atom. The Bertz CT molecular complexity index is 328. The number of thioether (sulfide) groups is 1. The number of hydrogen-bond donors (Lipinski definition) is 0. The van der Waals surface area contributed by atoms with E-state index in [0.29, 0.717) is 5.25 Å². The van der Waals surface area contributed by atoms with Gasteiger partial charge in [-0.25, -0.2) is 0 Å². The lowest BCUT2D eigenvalue weighted by molar-refractivity contribution is 0.0839. The van der Waals surface area contributed by atoms with Crippen LogP contribution in [-0.4, -0.2) is 63.0 Å². The second-order valence-corrected chi connectivity index (χ2v) is 10.9. The Hall–Kier alpha value is 0.230. The number of ether oxygens (including phenoxy) is 2. The van der Waals surface area contributed by atoms with Crippen molar-refractivity contribution in [2.45, 2.75) is 122 Å². The summed E-state index contributed by atoms with van der Waals surface area (Å²) in [7, 11) is 4.26. The summed E-state index contributed by atoms with van der Waals surface area (Å²) in [5.74, 6) is 1.14. The van der Waals surface area contributed by atoms with Crippen LogP contribution in [0, 0.1) is 0 Å². The first-order valence-corrected chi connectivity index (χ1v) is 14.7. The topological polar surface area (TPSA) is 21.7 Å². The van der Waals surface area contributed by atoms with E-state index in [9.17, 15) is 0 Å². The first kappa shape index (κ1) is 31.2. The second kappa shape index (κ2) is 26.5. The highest BCUT2D eigenvalue weighted by atomic mass is 32.2. The van der Waals surface area contributed by atoms with Gasteiger partial charge in [0, 0.05) is 13.2 Å². The zero-order valence-corrected chi connectivity index (χ0v) is 22.6. The Balaban J connectivity index is 3.34. The maximum Gasteiger partial charge on any atom is 0.0607 e. The fourth-order valence-corrected chi connectivity index (χ4v) is 4.70. The third-order valence-electron chi connectivity index (χ3n) is 5.80. The minimum atomic E-state index is 0.491. The summed E-state index contributed by atoms with van der Waals surface area (Å²) < 4.78 is 11.8. The number of unbranched alkanes of at least 4 members (excludes halogenated alkanes) is 14. The first-order valence-electron chi connectivity index (χ1n) is 13.6. The molecule has 0 amide bonds. The Morgan fingerprint density at radius 1 is 0.581 bits per heavy atom. The Kier molecular flexibility index (Phi) is 26.7. The summed E-state index contributed by atoms with van der Waals surface area (Å²) in [6.45, 7) is 9.14. The zero-order valence-electron chi connectivity index (χ0n) is 21.8. The molecule has 0 aromatic heterocycles. The molecule has 0 radical (unpaired) electrons. The summed E-state index contributed by atoms with van der Waals surface area (Å²) in [4.78, 5) is 2.24. The highest BCUT2D eigenvalue weighted by Gasteiger charge is 2.09. The van der Waals surface area contributed by atoms with Crippen molar-refractivity contribution in [3.05, 3.63) is 0 Å². The first-order chi connectivity index (χ1) is 15.2. The third kappa shape index (κ3) is 26.4. The molecule has 0 rings (SSSR count). The van der Waals surface area contributed by atoms with Crippen molar-refractivity contribution >= 4 is 11.8 Å². The van der Waals surface area contributed by atoms with Crippen molar-refractivity contribution in [3.63, 3.8) is 0 Å². The smallest absolute Gasteiger partial charge is 0.0607 e. The minimum absolute atomic E-state index is 0.491. The summed E-state index contributed by atoms with van der Waals surface area (Å²) in [5, 5.41) is 0.491. The predicted octanol–water partition coefficient (Wildman–Crippen LogP) is 7.96. The SMILES string of the molecule is CCCCCCCCCCCCCCCCOCC(COCCCCN(C)C)SCC. The van der Waals surface area contributed by atoms with Crippen molar-refractivity contribution in [2.24, 2.45) is 0 Å². The average Bonchev–Trinajstić information content (AvgIpc) is 2.75. The standard InChI is InChI=1S/C27H57NO2S/c1-5-7-8-9-10-11-12-13-14-15-16-17-18-20-23-29-25-27(31-6-2)26-30-24-21-19-22-28(3)4/h27H,5-26H2,1-4H3. The largest absolute Gasteiger partial charge is 0.380 e. The third-order valence-corrected chi connectivity index (χ3v) is 6.87. The van der Waals surface area contributed by atoms with Crippen LogP contribution in [0.2, 0.25) is 0 Å². The molecule has 0 saturated carbocycles. The molecule has 0 spiro atoms. The van der Waals surface area contributed by atoms with E-state index in [-0.39, 0.29) is 0 Å². The van der Waals surface area contributed by atoms with Crippen LogP contribution in [0.15, 0.2) is 0 Å². The molecule has 1 unspecified atom stereocenters. The minimum Gasteiger partial charge on any atom is -0.380 e. The van der Waals surface area contributed by atoms with E-state index in [4.69, 9.17) is 9.47 Å². The number of nitrogens with zero attached hydrogens (tertiary/aromatic N) is 1. The summed E-state index contributed by atoms with van der Waals surface area (Å²) in [5.41, 5.74) is 0. The van der Waals surface area contributed by atoms with Crippen molar-refractivity contribution < 1.29 is 9.47 Å². The highest BCUT2D eigenvalue weighted by Crippen LogP contribution is 2.14. The average molecular weight is 460 g/mol. The molecule has 4 heteroatoms. The lowest BCUT2D eigenvalue weighted by Gasteiger charge is -2.16. The molecule has 0 aromatic rings. The summed E-state index contributed by atoms with van der Waals surface area (Å²) in [6.07, 6.45) is 22.1. The summed E-state index contributed by atoms with van der Waals surface area (Å²) >= 11 is 1.97. The van der Waals surface area contributed by atoms with Crippen LogP contribution in [-0.2, 0) is 9.47 Å². The van der Waals surface area contributed by atoms with E-state index >= 15 is 0 Å². The lowest BCUT2D eigenvalue weighted by Crippen LogP contribution is -2.20. The van der Waals surface area contributed by atoms with E-state index in [1.54, 1.807) is 0 Å². The van der Waals surface area contributed by atoms with Gasteiger partial charge in [-0.2, -0.15) is 11.8 Å². The van der Waals surface area contributed by atoms with Gasteiger partial charge >= 0.3 is 0 Å². The molecule has 0 heterocycles. The Morgan fingerprint density at radius 2 is 1.00 bits per heavy atom. The van der Waals surface area contributed by atoms with Crippen LogP contribution in [0.1, 0.15) is 117 Å². The molecule has 0 fully saturated rings. The van der Waals surface area contributed by atoms with Crippen LogP contribution < -0.4 is 0 Å². The molecule has 0 aliphatic rings. The number of rotatable bonds is 26. The van der Waals surface area contributed by atoms with Gasteiger partial charge in [-0.05, 0) is 45.7 Å². The van der Waals surface area contributed by atoms with Gasteiger partial charge in [0.15, 0.2) is 0 Å². The predicted molar refractivity (Wildman–Crippen MR) is 142 cm³/mol. The fraction of sp³-hybridized carbons (Fsp3) is 1.00. The van der Waals surface area contributed by atoms with Gasteiger partial charge in [0.2, 0.25) is 0 Å². The Labute approximate surface area is 200 Å². The van der Waals surface area contributed by atoms with Gasteiger partial charge in [0.25, 0.3) is 0 Å². The van der Waals surface area contributed by atoms with Crippen molar-refractivity contribution in [3.8, 4) is 0 Å². The van der Waals surface area contributed by atoms with E-state index in [1.807, 2.05) is 11.8 Å². The molecule has 0 aliphatic carbocycles. The van der Waals surface area contributed by atoms with Crippen LogP contribution in [0.4, 0.5) is 0 Å². The fourth-order valence-electron chi connectivity index (χ4n) is 3.84. The molecule has 3 nitrogen and oxygen atoms in total. The van der Waals surface area contributed by atoms with Crippen molar-refractivity contribution in [1.82, 2.24) is 4.90 Å². The summed E-state index contributed by atoms with van der Waals surface area (Å²) in [6, 6.07) is 0. The van der Waals surface area contributed by atoms with Crippen LogP contribution in [0.3, 0.4) is 0 Å². The van der Waals surface area contributed by atoms with E-state index in [2.05, 4.69) is 32.8 Å². The van der Waals surface area contributed by atoms with E-state index < -0.39 is 0 Å². The molecule has 188 valence electrons. The van der Waals surface area contributed by atoms with Gasteiger partial charge in [-0.1, -0.05) is 97.3 Å². The van der Waals surface area contributed by atoms with Gasteiger partial charge < -0.3 is 14.4 Å². The van der Waals surface area contributed by atoms with Crippen LogP contribution in [0.25, 0.3) is 0 Å². The molecule has 0 aromatic carbocycles.